The van der Waals surface area contributed by atoms with Gasteiger partial charge >= 0.3 is 0 Å². The van der Waals surface area contributed by atoms with E-state index in [0.717, 1.165) is 29.3 Å². The maximum absolute atomic E-state index is 12.3. The van der Waals surface area contributed by atoms with Gasteiger partial charge in [-0.2, -0.15) is 0 Å². The van der Waals surface area contributed by atoms with E-state index in [1.54, 1.807) is 7.05 Å². The molecule has 2 heterocycles. The number of amides is 2. The van der Waals surface area contributed by atoms with Crippen LogP contribution in [0.5, 0.6) is 0 Å². The first-order valence-corrected chi connectivity index (χ1v) is 9.39. The van der Waals surface area contributed by atoms with E-state index in [1.165, 1.54) is 16.2 Å². The second-order valence-electron chi connectivity index (χ2n) is 6.18. The Morgan fingerprint density at radius 1 is 1.31 bits per heavy atom. The number of nitrogens with zero attached hydrogens (tertiary/aromatic N) is 1. The van der Waals surface area contributed by atoms with Crippen LogP contribution < -0.4 is 15.5 Å². The van der Waals surface area contributed by atoms with E-state index in [0.29, 0.717) is 30.3 Å². The first kappa shape index (κ1) is 18.5. The molecule has 3 N–H and O–H groups in total. The van der Waals surface area contributed by atoms with Crippen LogP contribution in [0.2, 0.25) is 0 Å². The Labute approximate surface area is 156 Å². The first-order valence-electron chi connectivity index (χ1n) is 8.58. The van der Waals surface area contributed by atoms with Crippen molar-refractivity contribution in [1.29, 1.82) is 0 Å². The van der Waals surface area contributed by atoms with E-state index in [2.05, 4.69) is 15.6 Å². The Kier molecular flexibility index (Phi) is 5.97. The highest BCUT2D eigenvalue weighted by molar-refractivity contribution is 7.17. The number of hydrogen-bond acceptors (Lipinski definition) is 5. The Balaban J connectivity index is 1.70. The van der Waals surface area contributed by atoms with Crippen LogP contribution in [0.15, 0.2) is 24.3 Å². The molecule has 0 bridgehead atoms. The Hall–Kier alpha value is -2.29. The van der Waals surface area contributed by atoms with Crippen molar-refractivity contribution in [2.75, 3.05) is 45.2 Å². The third kappa shape index (κ3) is 4.46. The summed E-state index contributed by atoms with van der Waals surface area (Å²) >= 11 is 1.35. The molecule has 26 heavy (non-hydrogen) atoms. The lowest BCUT2D eigenvalue weighted by atomic mass is 10.2. The Bertz CT molecular complexity index is 799. The first-order chi connectivity index (χ1) is 12.6. The summed E-state index contributed by atoms with van der Waals surface area (Å²) in [7, 11) is 1.60. The van der Waals surface area contributed by atoms with Crippen LogP contribution >= 0.6 is 11.3 Å². The van der Waals surface area contributed by atoms with Gasteiger partial charge in [-0.05, 0) is 19.1 Å². The third-order valence-corrected chi connectivity index (χ3v) is 5.44. The molecule has 0 saturated carbocycles. The third-order valence-electron chi connectivity index (χ3n) is 4.23. The summed E-state index contributed by atoms with van der Waals surface area (Å²) in [4.78, 5) is 30.5. The second-order valence-corrected chi connectivity index (χ2v) is 7.18. The van der Waals surface area contributed by atoms with E-state index in [-0.39, 0.29) is 11.8 Å². The smallest absolute Gasteiger partial charge is 0.279 e. The molecule has 0 atom stereocenters. The number of benzene rings is 1. The minimum atomic E-state index is -0.135. The van der Waals surface area contributed by atoms with E-state index >= 15 is 0 Å². The SMILES string of the molecule is CNC(=O)c1sc(-c2cccc(NC(=O)C[NH+]3CCOCC3)c2)nc1C. The maximum Gasteiger partial charge on any atom is 0.279 e. The number of aryl methyl sites for hydroxylation is 1. The van der Waals surface area contributed by atoms with Crippen molar-refractivity contribution in [3.63, 3.8) is 0 Å². The number of thiazole rings is 1. The van der Waals surface area contributed by atoms with Crippen molar-refractivity contribution in [2.24, 2.45) is 0 Å². The van der Waals surface area contributed by atoms with Gasteiger partial charge < -0.3 is 20.3 Å². The molecular formula is C18H23N4O3S+. The van der Waals surface area contributed by atoms with Crippen LogP contribution in [0.1, 0.15) is 15.4 Å². The highest BCUT2D eigenvalue weighted by Gasteiger charge is 2.18. The summed E-state index contributed by atoms with van der Waals surface area (Å²) in [6.07, 6.45) is 0. The Morgan fingerprint density at radius 2 is 2.08 bits per heavy atom. The van der Waals surface area contributed by atoms with E-state index in [9.17, 15) is 9.59 Å². The summed E-state index contributed by atoms with van der Waals surface area (Å²) in [6, 6.07) is 7.55. The molecule has 2 amide bonds. The van der Waals surface area contributed by atoms with E-state index in [1.807, 2.05) is 31.2 Å². The molecule has 7 nitrogen and oxygen atoms in total. The minimum Gasteiger partial charge on any atom is -0.370 e. The zero-order valence-electron chi connectivity index (χ0n) is 14.9. The molecule has 0 aliphatic carbocycles. The lowest BCUT2D eigenvalue weighted by Gasteiger charge is -2.23. The summed E-state index contributed by atoms with van der Waals surface area (Å²) in [6.45, 7) is 5.37. The van der Waals surface area contributed by atoms with Gasteiger partial charge in [-0.15, -0.1) is 11.3 Å². The van der Waals surface area contributed by atoms with Crippen molar-refractivity contribution in [3.8, 4) is 10.6 Å². The van der Waals surface area contributed by atoms with Crippen LogP contribution in [0, 0.1) is 6.92 Å². The monoisotopic (exact) mass is 375 g/mol. The van der Waals surface area contributed by atoms with Crippen molar-refractivity contribution in [3.05, 3.63) is 34.8 Å². The summed E-state index contributed by atoms with van der Waals surface area (Å²) in [5.41, 5.74) is 2.31. The molecule has 1 aromatic heterocycles. The van der Waals surface area contributed by atoms with Gasteiger partial charge in [0, 0.05) is 18.3 Å². The lowest BCUT2D eigenvalue weighted by molar-refractivity contribution is -0.899. The summed E-state index contributed by atoms with van der Waals surface area (Å²) < 4.78 is 5.31. The molecule has 1 aliphatic rings. The quantitative estimate of drug-likeness (QED) is 0.703. The number of nitrogens with one attached hydrogen (secondary N) is 3. The average molecular weight is 375 g/mol. The molecular weight excluding hydrogens is 352 g/mol. The van der Waals surface area contributed by atoms with Crippen molar-refractivity contribution in [2.45, 2.75) is 6.92 Å². The second kappa shape index (κ2) is 8.39. The predicted molar refractivity (Wildman–Crippen MR) is 101 cm³/mol. The zero-order valence-corrected chi connectivity index (χ0v) is 15.7. The van der Waals surface area contributed by atoms with Gasteiger partial charge in [-0.25, -0.2) is 4.98 Å². The number of hydrogen-bond donors (Lipinski definition) is 3. The van der Waals surface area contributed by atoms with Crippen LogP contribution in [-0.4, -0.2) is 56.7 Å². The van der Waals surface area contributed by atoms with E-state index in [4.69, 9.17) is 4.74 Å². The van der Waals surface area contributed by atoms with Gasteiger partial charge in [0.05, 0.1) is 18.9 Å². The number of morpholine rings is 1. The largest absolute Gasteiger partial charge is 0.370 e. The number of carbonyl (C=O) groups is 2. The van der Waals surface area contributed by atoms with Crippen molar-refractivity contribution < 1.29 is 19.2 Å². The van der Waals surface area contributed by atoms with Gasteiger partial charge in [0.25, 0.3) is 11.8 Å². The lowest BCUT2D eigenvalue weighted by Crippen LogP contribution is -3.15. The van der Waals surface area contributed by atoms with Gasteiger partial charge in [-0.1, -0.05) is 12.1 Å². The van der Waals surface area contributed by atoms with Crippen molar-refractivity contribution in [1.82, 2.24) is 10.3 Å². The minimum absolute atomic E-state index is 0.0135. The van der Waals surface area contributed by atoms with Crippen LogP contribution in [0.4, 0.5) is 5.69 Å². The molecule has 8 heteroatoms. The van der Waals surface area contributed by atoms with Gasteiger partial charge in [0.2, 0.25) is 0 Å². The van der Waals surface area contributed by atoms with Gasteiger partial charge in [0.15, 0.2) is 6.54 Å². The highest BCUT2D eigenvalue weighted by Crippen LogP contribution is 2.29. The standard InChI is InChI=1S/C18H22N4O3S/c1-12-16(17(24)19-2)26-18(20-12)13-4-3-5-14(10-13)21-15(23)11-22-6-8-25-9-7-22/h3-5,10H,6-9,11H2,1-2H3,(H,19,24)(H,21,23)/p+1. The molecule has 138 valence electrons. The Morgan fingerprint density at radius 3 is 2.81 bits per heavy atom. The number of ether oxygens (including phenoxy) is 1. The summed E-state index contributed by atoms with van der Waals surface area (Å²) in [5.74, 6) is -0.149. The average Bonchev–Trinajstić information content (AvgIpc) is 3.04. The number of quaternary nitrogens is 1. The van der Waals surface area contributed by atoms with Crippen molar-refractivity contribution >= 4 is 28.8 Å². The molecule has 1 aliphatic heterocycles. The van der Waals surface area contributed by atoms with E-state index < -0.39 is 0 Å². The van der Waals surface area contributed by atoms with Crippen LogP contribution in [-0.2, 0) is 9.53 Å². The molecule has 3 rings (SSSR count). The van der Waals surface area contributed by atoms with Crippen LogP contribution in [0.25, 0.3) is 10.6 Å². The van der Waals surface area contributed by atoms with Gasteiger partial charge in [0.1, 0.15) is 23.0 Å². The summed E-state index contributed by atoms with van der Waals surface area (Å²) in [5, 5.41) is 6.34. The molecule has 0 unspecified atom stereocenters. The molecule has 2 aromatic rings. The zero-order chi connectivity index (χ0) is 18.5. The van der Waals surface area contributed by atoms with Gasteiger partial charge in [-0.3, -0.25) is 9.59 Å². The predicted octanol–water partition coefficient (Wildman–Crippen LogP) is 0.332. The normalized spacial score (nSPS) is 14.8. The molecule has 0 spiro atoms. The molecule has 1 aromatic carbocycles. The van der Waals surface area contributed by atoms with Crippen LogP contribution in [0.3, 0.4) is 0 Å². The molecule has 0 radical (unpaired) electrons. The fourth-order valence-corrected chi connectivity index (χ4v) is 3.85. The number of carbonyl (C=O) groups excluding carboxylic acids is 2. The topological polar surface area (TPSA) is 84.8 Å². The number of anilines is 1. The molecule has 1 saturated heterocycles. The number of rotatable bonds is 5. The highest BCUT2D eigenvalue weighted by atomic mass is 32.1. The fourth-order valence-electron chi connectivity index (χ4n) is 2.84. The number of aromatic nitrogens is 1. The maximum atomic E-state index is 12.3. The fraction of sp³-hybridized carbons (Fsp3) is 0.389. The molecule has 1 fully saturated rings.